The lowest BCUT2D eigenvalue weighted by atomic mass is 9.93. The maximum atomic E-state index is 11.8. The first-order valence-electron chi connectivity index (χ1n) is 17.1. The van der Waals surface area contributed by atoms with E-state index in [0.29, 0.717) is 25.7 Å². The van der Waals surface area contributed by atoms with Gasteiger partial charge in [-0.05, 0) is 51.4 Å². The fourth-order valence-corrected chi connectivity index (χ4v) is 7.05. The average Bonchev–Trinajstić information content (AvgIpc) is 2.94. The van der Waals surface area contributed by atoms with Crippen LogP contribution in [0.2, 0.25) is 0 Å². The first kappa shape index (κ1) is 41.9. The third kappa shape index (κ3) is 27.0. The SMILES string of the molecule is CCCCCCCCCCCCCCCCCCC(CC(Cl)CCC(Cl)C(Cl)CCCC(Cl)CC(Cl)CC)C(=O)O. The van der Waals surface area contributed by atoms with Crippen LogP contribution in [0, 0.1) is 5.92 Å². The van der Waals surface area contributed by atoms with Crippen molar-refractivity contribution in [3.63, 3.8) is 0 Å². The summed E-state index contributed by atoms with van der Waals surface area (Å²) in [5.41, 5.74) is 0. The fourth-order valence-electron chi connectivity index (χ4n) is 5.51. The zero-order valence-corrected chi connectivity index (χ0v) is 30.2. The molecule has 0 aromatic rings. The molecule has 0 rings (SSSR count). The van der Waals surface area contributed by atoms with Crippen LogP contribution >= 0.6 is 58.0 Å². The summed E-state index contributed by atoms with van der Waals surface area (Å²) in [4.78, 5) is 11.8. The normalized spacial score (nSPS) is 16.3. The third-order valence-corrected chi connectivity index (χ3v) is 10.8. The van der Waals surface area contributed by atoms with Crippen molar-refractivity contribution < 1.29 is 9.90 Å². The molecule has 2 nitrogen and oxygen atoms in total. The van der Waals surface area contributed by atoms with Gasteiger partial charge in [0.2, 0.25) is 0 Å². The molecular weight excluding hydrogens is 618 g/mol. The molecule has 0 bridgehead atoms. The molecule has 1 N–H and O–H groups in total. The predicted molar refractivity (Wildman–Crippen MR) is 186 cm³/mol. The van der Waals surface area contributed by atoms with Crippen molar-refractivity contribution in [2.24, 2.45) is 5.92 Å². The van der Waals surface area contributed by atoms with Crippen LogP contribution in [-0.2, 0) is 4.79 Å². The summed E-state index contributed by atoms with van der Waals surface area (Å²) in [6.45, 7) is 4.34. The van der Waals surface area contributed by atoms with Gasteiger partial charge in [0.15, 0.2) is 0 Å². The van der Waals surface area contributed by atoms with Gasteiger partial charge in [-0.2, -0.15) is 0 Å². The third-order valence-electron chi connectivity index (χ3n) is 8.40. The lowest BCUT2D eigenvalue weighted by molar-refractivity contribution is -0.142. The van der Waals surface area contributed by atoms with E-state index in [9.17, 15) is 9.90 Å². The Morgan fingerprint density at radius 2 is 0.927 bits per heavy atom. The van der Waals surface area contributed by atoms with E-state index in [1.165, 1.54) is 89.9 Å². The van der Waals surface area contributed by atoms with Gasteiger partial charge in [-0.25, -0.2) is 0 Å². The summed E-state index contributed by atoms with van der Waals surface area (Å²) < 4.78 is 0. The first-order valence-corrected chi connectivity index (χ1v) is 19.3. The second-order valence-corrected chi connectivity index (χ2v) is 15.3. The quantitative estimate of drug-likeness (QED) is 0.0584. The van der Waals surface area contributed by atoms with Crippen molar-refractivity contribution in [1.29, 1.82) is 0 Å². The number of alkyl halides is 5. The van der Waals surface area contributed by atoms with Gasteiger partial charge in [0.1, 0.15) is 0 Å². The van der Waals surface area contributed by atoms with E-state index < -0.39 is 5.97 Å². The molecule has 0 heterocycles. The maximum absolute atomic E-state index is 11.8. The lowest BCUT2D eigenvalue weighted by Gasteiger charge is -2.20. The highest BCUT2D eigenvalue weighted by Crippen LogP contribution is 2.28. The van der Waals surface area contributed by atoms with E-state index in [2.05, 4.69) is 13.8 Å². The first-order chi connectivity index (χ1) is 19.7. The molecule has 0 aliphatic carbocycles. The Hall–Kier alpha value is 0.920. The molecule has 0 fully saturated rings. The van der Waals surface area contributed by atoms with Crippen LogP contribution in [0.1, 0.15) is 174 Å². The molecule has 0 spiro atoms. The molecule has 0 saturated heterocycles. The fraction of sp³-hybridized carbons (Fsp3) is 0.971. The molecule has 41 heavy (non-hydrogen) atoms. The van der Waals surface area contributed by atoms with E-state index >= 15 is 0 Å². The summed E-state index contributed by atoms with van der Waals surface area (Å²) in [6.07, 6.45) is 28.1. The summed E-state index contributed by atoms with van der Waals surface area (Å²) >= 11 is 32.2. The van der Waals surface area contributed by atoms with Crippen LogP contribution in [-0.4, -0.2) is 38.0 Å². The lowest BCUT2D eigenvalue weighted by Crippen LogP contribution is -2.21. The number of carbonyl (C=O) groups is 1. The number of aliphatic carboxylic acids is 1. The second-order valence-electron chi connectivity index (χ2n) is 12.3. The van der Waals surface area contributed by atoms with Crippen LogP contribution < -0.4 is 0 Å². The predicted octanol–water partition coefficient (Wildman–Crippen LogP) is 13.5. The molecular formula is C34H63Cl5O2. The molecule has 6 atom stereocenters. The molecule has 246 valence electrons. The van der Waals surface area contributed by atoms with Gasteiger partial charge in [-0.1, -0.05) is 123 Å². The Labute approximate surface area is 279 Å². The van der Waals surface area contributed by atoms with Crippen molar-refractivity contribution in [1.82, 2.24) is 0 Å². The van der Waals surface area contributed by atoms with Gasteiger partial charge in [-0.15, -0.1) is 58.0 Å². The Balaban J connectivity index is 3.83. The molecule has 0 radical (unpaired) electrons. The summed E-state index contributed by atoms with van der Waals surface area (Å²) in [7, 11) is 0. The van der Waals surface area contributed by atoms with Gasteiger partial charge in [0.25, 0.3) is 0 Å². The number of rotatable bonds is 31. The topological polar surface area (TPSA) is 37.3 Å². The summed E-state index contributed by atoms with van der Waals surface area (Å²) in [5, 5.41) is 9.40. The molecule has 7 heteroatoms. The smallest absolute Gasteiger partial charge is 0.306 e. The van der Waals surface area contributed by atoms with E-state index in [0.717, 1.165) is 44.9 Å². The van der Waals surface area contributed by atoms with E-state index in [1.807, 2.05) is 0 Å². The molecule has 0 aromatic heterocycles. The molecule has 6 unspecified atom stereocenters. The Kier molecular flexibility index (Phi) is 30.3. The number of hydrogen-bond donors (Lipinski definition) is 1. The van der Waals surface area contributed by atoms with Crippen LogP contribution in [0.25, 0.3) is 0 Å². The Morgan fingerprint density at radius 1 is 0.488 bits per heavy atom. The van der Waals surface area contributed by atoms with Crippen LogP contribution in [0.3, 0.4) is 0 Å². The zero-order valence-electron chi connectivity index (χ0n) is 26.4. The van der Waals surface area contributed by atoms with Gasteiger partial charge in [0, 0.05) is 26.9 Å². The van der Waals surface area contributed by atoms with Crippen molar-refractivity contribution >= 4 is 64.0 Å². The van der Waals surface area contributed by atoms with Gasteiger partial charge in [-0.3, -0.25) is 4.79 Å². The minimum absolute atomic E-state index is 0.0737. The minimum Gasteiger partial charge on any atom is -0.481 e. The van der Waals surface area contributed by atoms with Crippen LogP contribution in [0.5, 0.6) is 0 Å². The standard InChI is InChI=1S/C34H63Cl5O2/c1-3-5-6-7-8-9-10-11-12-13-14-15-16-17-18-19-21-28(34(40)41)26-31(37)24-25-33(39)32(38)23-20-22-30(36)27-29(35)4-2/h28-33H,3-27H2,1-2H3,(H,40,41). The highest BCUT2D eigenvalue weighted by molar-refractivity contribution is 6.30. The zero-order chi connectivity index (χ0) is 30.7. The second kappa shape index (κ2) is 29.6. The monoisotopic (exact) mass is 678 g/mol. The van der Waals surface area contributed by atoms with Crippen molar-refractivity contribution in [2.75, 3.05) is 0 Å². The Morgan fingerprint density at radius 3 is 1.39 bits per heavy atom. The maximum Gasteiger partial charge on any atom is 0.306 e. The van der Waals surface area contributed by atoms with Gasteiger partial charge in [0.05, 0.1) is 5.92 Å². The van der Waals surface area contributed by atoms with E-state index in [1.54, 1.807) is 0 Å². The molecule has 0 aliphatic rings. The van der Waals surface area contributed by atoms with Crippen molar-refractivity contribution in [3.8, 4) is 0 Å². The summed E-state index contributed by atoms with van der Waals surface area (Å²) in [5.74, 6) is -1.11. The number of hydrogen-bond acceptors (Lipinski definition) is 1. The van der Waals surface area contributed by atoms with E-state index in [-0.39, 0.29) is 32.8 Å². The van der Waals surface area contributed by atoms with Gasteiger partial charge < -0.3 is 5.11 Å². The number of carboxylic acid groups (broad SMARTS) is 1. The largest absolute Gasteiger partial charge is 0.481 e. The molecule has 0 amide bonds. The molecule has 0 aromatic carbocycles. The van der Waals surface area contributed by atoms with Crippen LogP contribution in [0.15, 0.2) is 0 Å². The summed E-state index contributed by atoms with van der Waals surface area (Å²) in [6, 6.07) is 0. The number of halogens is 5. The van der Waals surface area contributed by atoms with Gasteiger partial charge >= 0.3 is 5.97 Å². The van der Waals surface area contributed by atoms with Crippen molar-refractivity contribution in [2.45, 2.75) is 201 Å². The Bertz CT molecular complexity index is 579. The average molecular weight is 681 g/mol. The number of unbranched alkanes of at least 4 members (excludes halogenated alkanes) is 15. The highest BCUT2D eigenvalue weighted by Gasteiger charge is 2.23. The van der Waals surface area contributed by atoms with E-state index in [4.69, 9.17) is 58.0 Å². The number of carboxylic acids is 1. The van der Waals surface area contributed by atoms with Crippen molar-refractivity contribution in [3.05, 3.63) is 0 Å². The minimum atomic E-state index is -0.730. The molecule has 0 aliphatic heterocycles. The van der Waals surface area contributed by atoms with Crippen LogP contribution in [0.4, 0.5) is 0 Å². The highest BCUT2D eigenvalue weighted by atomic mass is 35.5. The molecule has 0 saturated carbocycles.